The summed E-state index contributed by atoms with van der Waals surface area (Å²) in [4.78, 5) is 10.6. The van der Waals surface area contributed by atoms with Crippen LogP contribution >= 0.6 is 15.9 Å². The van der Waals surface area contributed by atoms with Gasteiger partial charge in [-0.2, -0.15) is 0 Å². The Morgan fingerprint density at radius 2 is 1.85 bits per heavy atom. The number of aliphatic carboxylic acids is 1. The third kappa shape index (κ3) is 3.17. The van der Waals surface area contributed by atoms with Gasteiger partial charge in [0, 0.05) is 22.9 Å². The summed E-state index contributed by atoms with van der Waals surface area (Å²) in [6, 6.07) is 7.79. The molecule has 104 valence electrons. The summed E-state index contributed by atoms with van der Waals surface area (Å²) in [6.07, 6.45) is 5.01. The van der Waals surface area contributed by atoms with Crippen molar-refractivity contribution in [2.75, 3.05) is 0 Å². The van der Waals surface area contributed by atoms with Gasteiger partial charge in [-0.05, 0) is 42.0 Å². The molecule has 1 N–H and O–H groups in total. The first-order chi connectivity index (χ1) is 9.39. The first kappa shape index (κ1) is 14.5. The first-order valence-corrected chi connectivity index (χ1v) is 7.73. The SMILES string of the molecule is O=C(O)C=Cc1ccn(S(=O)(=O)c2ccc(Br)cc2)c1. The Hall–Kier alpha value is -1.86. The number of hydrogen-bond donors (Lipinski definition) is 1. The van der Waals surface area contributed by atoms with Crippen LogP contribution in [0.3, 0.4) is 0 Å². The Balaban J connectivity index is 2.35. The zero-order valence-electron chi connectivity index (χ0n) is 10.1. The van der Waals surface area contributed by atoms with Crippen molar-refractivity contribution in [3.63, 3.8) is 0 Å². The van der Waals surface area contributed by atoms with E-state index in [0.717, 1.165) is 14.5 Å². The molecule has 1 aromatic heterocycles. The lowest BCUT2D eigenvalue weighted by molar-refractivity contribution is -0.131. The fraction of sp³-hybridized carbons (Fsp3) is 0. The predicted octanol–water partition coefficient (Wildman–Crippen LogP) is 2.59. The molecule has 0 fully saturated rings. The Kier molecular flexibility index (Phi) is 4.10. The molecule has 0 bridgehead atoms. The van der Waals surface area contributed by atoms with E-state index in [2.05, 4.69) is 15.9 Å². The van der Waals surface area contributed by atoms with Crippen molar-refractivity contribution in [3.05, 3.63) is 58.8 Å². The summed E-state index contributed by atoms with van der Waals surface area (Å²) < 4.78 is 26.4. The number of carboxylic acids is 1. The monoisotopic (exact) mass is 355 g/mol. The van der Waals surface area contributed by atoms with Gasteiger partial charge in [0.05, 0.1) is 4.90 Å². The average molecular weight is 356 g/mol. The van der Waals surface area contributed by atoms with E-state index in [9.17, 15) is 13.2 Å². The number of nitrogens with zero attached hydrogens (tertiary/aromatic N) is 1. The van der Waals surface area contributed by atoms with Crippen LogP contribution in [0.5, 0.6) is 0 Å². The van der Waals surface area contributed by atoms with Gasteiger partial charge in [-0.15, -0.1) is 0 Å². The molecule has 5 nitrogen and oxygen atoms in total. The number of hydrogen-bond acceptors (Lipinski definition) is 3. The molecule has 0 atom stereocenters. The van der Waals surface area contributed by atoms with E-state index in [1.165, 1.54) is 36.7 Å². The minimum atomic E-state index is -3.66. The van der Waals surface area contributed by atoms with E-state index in [-0.39, 0.29) is 4.90 Å². The van der Waals surface area contributed by atoms with E-state index in [1.807, 2.05) is 0 Å². The molecule has 0 aliphatic rings. The summed E-state index contributed by atoms with van der Waals surface area (Å²) in [5, 5.41) is 8.53. The van der Waals surface area contributed by atoms with Gasteiger partial charge >= 0.3 is 5.97 Å². The second-order valence-corrected chi connectivity index (χ2v) is 6.66. The zero-order chi connectivity index (χ0) is 14.8. The predicted molar refractivity (Wildman–Crippen MR) is 77.8 cm³/mol. The minimum absolute atomic E-state index is 0.157. The summed E-state index contributed by atoms with van der Waals surface area (Å²) in [5.41, 5.74) is 0.494. The van der Waals surface area contributed by atoms with Gasteiger partial charge in [0.15, 0.2) is 0 Å². The lowest BCUT2D eigenvalue weighted by atomic mass is 10.3. The molecule has 0 saturated carbocycles. The second-order valence-electron chi connectivity index (χ2n) is 3.91. The lowest BCUT2D eigenvalue weighted by Gasteiger charge is -2.05. The van der Waals surface area contributed by atoms with Gasteiger partial charge in [0.1, 0.15) is 0 Å². The molecule has 0 saturated heterocycles. The highest BCUT2D eigenvalue weighted by atomic mass is 79.9. The van der Waals surface area contributed by atoms with E-state index >= 15 is 0 Å². The quantitative estimate of drug-likeness (QED) is 0.855. The standard InChI is InChI=1S/C13H10BrNO4S/c14-11-2-4-12(5-3-11)20(18,19)15-8-7-10(9-15)1-6-13(16)17/h1-9H,(H,16,17). The van der Waals surface area contributed by atoms with Crippen LogP contribution in [0.15, 0.2) is 58.2 Å². The van der Waals surface area contributed by atoms with Crippen molar-refractivity contribution in [2.24, 2.45) is 0 Å². The third-order valence-electron chi connectivity index (χ3n) is 2.50. The van der Waals surface area contributed by atoms with Gasteiger partial charge in [0.25, 0.3) is 10.0 Å². The number of carboxylic acid groups (broad SMARTS) is 1. The van der Waals surface area contributed by atoms with Crippen molar-refractivity contribution in [2.45, 2.75) is 4.90 Å². The lowest BCUT2D eigenvalue weighted by Crippen LogP contribution is -2.10. The van der Waals surface area contributed by atoms with Crippen molar-refractivity contribution in [1.29, 1.82) is 0 Å². The summed E-state index contributed by atoms with van der Waals surface area (Å²) in [6.45, 7) is 0. The molecule has 0 amide bonds. The fourth-order valence-electron chi connectivity index (χ4n) is 1.54. The van der Waals surface area contributed by atoms with E-state index in [0.29, 0.717) is 5.56 Å². The summed E-state index contributed by atoms with van der Waals surface area (Å²) in [7, 11) is -3.66. The van der Waals surface area contributed by atoms with E-state index in [4.69, 9.17) is 5.11 Å². The number of benzene rings is 1. The molecule has 0 unspecified atom stereocenters. The molecule has 20 heavy (non-hydrogen) atoms. The molecule has 2 rings (SSSR count). The van der Waals surface area contributed by atoms with Crippen LogP contribution in [-0.4, -0.2) is 23.5 Å². The van der Waals surface area contributed by atoms with E-state index in [1.54, 1.807) is 12.1 Å². The van der Waals surface area contributed by atoms with Gasteiger partial charge in [0.2, 0.25) is 0 Å². The van der Waals surface area contributed by atoms with Gasteiger partial charge in [-0.1, -0.05) is 15.9 Å². The van der Waals surface area contributed by atoms with E-state index < -0.39 is 16.0 Å². The Morgan fingerprint density at radius 3 is 2.45 bits per heavy atom. The van der Waals surface area contributed by atoms with Crippen molar-refractivity contribution < 1.29 is 18.3 Å². The molecular weight excluding hydrogens is 346 g/mol. The fourth-order valence-corrected chi connectivity index (χ4v) is 3.01. The highest BCUT2D eigenvalue weighted by Gasteiger charge is 2.16. The molecule has 0 aliphatic heterocycles. The number of carbonyl (C=O) groups is 1. The molecule has 1 heterocycles. The highest BCUT2D eigenvalue weighted by Crippen LogP contribution is 2.18. The van der Waals surface area contributed by atoms with Crippen LogP contribution < -0.4 is 0 Å². The molecule has 0 radical (unpaired) electrons. The molecule has 0 spiro atoms. The number of halogens is 1. The molecule has 0 aliphatic carbocycles. The van der Waals surface area contributed by atoms with Crippen LogP contribution in [0.2, 0.25) is 0 Å². The highest BCUT2D eigenvalue weighted by molar-refractivity contribution is 9.10. The second kappa shape index (κ2) is 5.64. The summed E-state index contributed by atoms with van der Waals surface area (Å²) >= 11 is 3.24. The summed E-state index contributed by atoms with van der Waals surface area (Å²) in [5.74, 6) is -1.09. The Morgan fingerprint density at radius 1 is 1.20 bits per heavy atom. The van der Waals surface area contributed by atoms with Gasteiger partial charge < -0.3 is 5.11 Å². The topological polar surface area (TPSA) is 76.4 Å². The smallest absolute Gasteiger partial charge is 0.328 e. The van der Waals surface area contributed by atoms with Crippen molar-refractivity contribution >= 4 is 38.0 Å². The van der Waals surface area contributed by atoms with Crippen LogP contribution in [0.25, 0.3) is 6.08 Å². The maximum atomic E-state index is 12.3. The third-order valence-corrected chi connectivity index (χ3v) is 4.68. The maximum Gasteiger partial charge on any atom is 0.328 e. The normalized spacial score (nSPS) is 11.8. The first-order valence-electron chi connectivity index (χ1n) is 5.50. The number of rotatable bonds is 4. The van der Waals surface area contributed by atoms with Crippen molar-refractivity contribution in [1.82, 2.24) is 3.97 Å². The molecular formula is C13H10BrNO4S. The van der Waals surface area contributed by atoms with Crippen LogP contribution in [-0.2, 0) is 14.8 Å². The Bertz CT molecular complexity index is 760. The Labute approximate surface area is 124 Å². The zero-order valence-corrected chi connectivity index (χ0v) is 12.5. The number of aromatic nitrogens is 1. The largest absolute Gasteiger partial charge is 0.478 e. The molecule has 7 heteroatoms. The van der Waals surface area contributed by atoms with Gasteiger partial charge in [-0.3, -0.25) is 0 Å². The van der Waals surface area contributed by atoms with Crippen LogP contribution in [0, 0.1) is 0 Å². The minimum Gasteiger partial charge on any atom is -0.478 e. The maximum absolute atomic E-state index is 12.3. The van der Waals surface area contributed by atoms with Crippen LogP contribution in [0.1, 0.15) is 5.56 Å². The molecule has 2 aromatic rings. The van der Waals surface area contributed by atoms with Crippen LogP contribution in [0.4, 0.5) is 0 Å². The molecule has 1 aromatic carbocycles. The average Bonchev–Trinajstić information content (AvgIpc) is 2.86. The van der Waals surface area contributed by atoms with Gasteiger partial charge in [-0.25, -0.2) is 17.2 Å². The van der Waals surface area contributed by atoms with Crippen molar-refractivity contribution in [3.8, 4) is 0 Å².